The van der Waals surface area contributed by atoms with Gasteiger partial charge in [0.25, 0.3) is 0 Å². The number of carboxylic acid groups (broad SMARTS) is 1. The number of carboxylic acids is 1. The van der Waals surface area contributed by atoms with Crippen molar-refractivity contribution in [1.29, 1.82) is 0 Å². The predicted molar refractivity (Wildman–Crippen MR) is 170 cm³/mol. The average molecular weight is 613 g/mol. The topological polar surface area (TPSA) is 121 Å². The number of fused-ring (bicyclic) bond motifs is 1. The molecule has 1 aromatic heterocycles. The summed E-state index contributed by atoms with van der Waals surface area (Å²) in [5.41, 5.74) is 1.28. The third-order valence-electron chi connectivity index (χ3n) is 9.59. The first-order valence-corrected chi connectivity index (χ1v) is 15.7. The molecule has 3 aromatic rings. The van der Waals surface area contributed by atoms with Crippen LogP contribution in [0.25, 0.3) is 22.2 Å². The molecule has 3 fully saturated rings. The number of aromatic nitrogens is 1. The molecule has 3 aliphatic rings. The number of nitrogens with one attached hydrogen (secondary N) is 1. The van der Waals surface area contributed by atoms with Crippen LogP contribution in [0.3, 0.4) is 0 Å². The molecule has 2 aliphatic heterocycles. The maximum absolute atomic E-state index is 14.0. The van der Waals surface area contributed by atoms with Crippen LogP contribution in [0, 0.1) is 0 Å². The zero-order chi connectivity index (χ0) is 31.7. The standard InChI is InChI=1S/C35H40N4O6/c1-22-14-15-35(22,34(42)43)37-32(40)30-19-26(21-39(30)33(41)23(2)38-16-8-5-9-17-38)45-31-20-28(24-10-6-4-7-11-24)36-29-18-25(44-3)12-13-27(29)31/h4,6-7,10-13,18,20,23,26,30H,1,5,8-9,14-17,19,21H2,2-3H3,(H,37,40)(H,42,43)/t23-,26+,30-,35?/m0/s1. The number of rotatable bonds is 9. The number of amides is 2. The van der Waals surface area contributed by atoms with Crippen LogP contribution in [0.2, 0.25) is 0 Å². The van der Waals surface area contributed by atoms with Gasteiger partial charge < -0.3 is 24.8 Å². The second-order valence-corrected chi connectivity index (χ2v) is 12.3. The Morgan fingerprint density at radius 2 is 1.84 bits per heavy atom. The minimum absolute atomic E-state index is 0.158. The van der Waals surface area contributed by atoms with Crippen molar-refractivity contribution in [2.45, 2.75) is 69.2 Å². The highest BCUT2D eigenvalue weighted by atomic mass is 16.5. The molecule has 4 atom stereocenters. The largest absolute Gasteiger partial charge is 0.497 e. The lowest BCUT2D eigenvalue weighted by Gasteiger charge is -2.42. The quantitative estimate of drug-likeness (QED) is 0.341. The van der Waals surface area contributed by atoms with Crippen molar-refractivity contribution in [2.24, 2.45) is 0 Å². The number of carbonyl (C=O) groups is 3. The molecule has 1 saturated carbocycles. The second-order valence-electron chi connectivity index (χ2n) is 12.3. The Kier molecular flexibility index (Phi) is 8.50. The smallest absolute Gasteiger partial charge is 0.333 e. The highest BCUT2D eigenvalue weighted by Crippen LogP contribution is 2.38. The van der Waals surface area contributed by atoms with Gasteiger partial charge in [-0.2, -0.15) is 0 Å². The molecule has 2 saturated heterocycles. The summed E-state index contributed by atoms with van der Waals surface area (Å²) < 4.78 is 12.1. The van der Waals surface area contributed by atoms with Crippen LogP contribution in [0.15, 0.2) is 66.7 Å². The highest BCUT2D eigenvalue weighted by molar-refractivity contribution is 5.96. The SMILES string of the molecule is C=C1CCC1(NC(=O)[C@@H]1C[C@@H](Oc2cc(-c3ccccc3)nc3cc(OC)ccc23)CN1C(=O)[C@H](C)N1CCCCC1)C(=O)O. The fourth-order valence-corrected chi connectivity index (χ4v) is 6.72. The number of aliphatic carboxylic acids is 1. The Balaban J connectivity index is 1.32. The molecule has 0 radical (unpaired) electrons. The van der Waals surface area contributed by atoms with E-state index < -0.39 is 35.6 Å². The van der Waals surface area contributed by atoms with E-state index in [4.69, 9.17) is 14.5 Å². The van der Waals surface area contributed by atoms with Crippen molar-refractivity contribution < 1.29 is 29.0 Å². The van der Waals surface area contributed by atoms with E-state index in [-0.39, 0.29) is 25.3 Å². The summed E-state index contributed by atoms with van der Waals surface area (Å²) in [6, 6.07) is 16.0. The van der Waals surface area contributed by atoms with Crippen LogP contribution in [0.4, 0.5) is 0 Å². The van der Waals surface area contributed by atoms with Crippen LogP contribution >= 0.6 is 0 Å². The fraction of sp³-hybridized carbons (Fsp3) is 0.429. The van der Waals surface area contributed by atoms with Gasteiger partial charge in [-0.05, 0) is 63.4 Å². The number of benzene rings is 2. The van der Waals surface area contributed by atoms with Crippen molar-refractivity contribution in [3.05, 3.63) is 66.7 Å². The van der Waals surface area contributed by atoms with Crippen molar-refractivity contribution in [3.63, 3.8) is 0 Å². The molecule has 0 bridgehead atoms. The summed E-state index contributed by atoms with van der Waals surface area (Å²) in [6.07, 6.45) is 3.70. The molecule has 10 nitrogen and oxygen atoms in total. The summed E-state index contributed by atoms with van der Waals surface area (Å²) in [5.74, 6) is -0.549. The van der Waals surface area contributed by atoms with Crippen LogP contribution in [0.5, 0.6) is 11.5 Å². The predicted octanol–water partition coefficient (Wildman–Crippen LogP) is 4.42. The number of hydrogen-bond donors (Lipinski definition) is 2. The molecule has 2 N–H and O–H groups in total. The van der Waals surface area contributed by atoms with Crippen molar-refractivity contribution in [3.8, 4) is 22.8 Å². The van der Waals surface area contributed by atoms with Gasteiger partial charge in [0.15, 0.2) is 5.54 Å². The lowest BCUT2D eigenvalue weighted by atomic mass is 9.72. The van der Waals surface area contributed by atoms with Crippen LogP contribution in [0.1, 0.15) is 45.4 Å². The van der Waals surface area contributed by atoms with Crippen molar-refractivity contribution in [2.75, 3.05) is 26.7 Å². The Hall–Kier alpha value is -4.44. The third-order valence-corrected chi connectivity index (χ3v) is 9.59. The monoisotopic (exact) mass is 612 g/mol. The van der Waals surface area contributed by atoms with E-state index in [2.05, 4.69) is 16.8 Å². The lowest BCUT2D eigenvalue weighted by Crippen LogP contribution is -2.64. The maximum atomic E-state index is 14.0. The van der Waals surface area contributed by atoms with Crippen LogP contribution in [-0.4, -0.2) is 88.1 Å². The van der Waals surface area contributed by atoms with E-state index in [0.717, 1.165) is 49.0 Å². The van der Waals surface area contributed by atoms with Crippen LogP contribution < -0.4 is 14.8 Å². The molecule has 3 heterocycles. The summed E-state index contributed by atoms with van der Waals surface area (Å²) in [6.45, 7) is 7.62. The number of carbonyl (C=O) groups excluding carboxylic acids is 2. The minimum Gasteiger partial charge on any atom is -0.497 e. The lowest BCUT2D eigenvalue weighted by molar-refractivity contribution is -0.150. The molecule has 45 heavy (non-hydrogen) atoms. The van der Waals surface area contributed by atoms with E-state index in [9.17, 15) is 19.5 Å². The fourth-order valence-electron chi connectivity index (χ4n) is 6.72. The van der Waals surface area contributed by atoms with Gasteiger partial charge >= 0.3 is 5.97 Å². The first kappa shape index (κ1) is 30.6. The Bertz CT molecular complexity index is 1610. The molecule has 1 unspecified atom stereocenters. The first-order valence-electron chi connectivity index (χ1n) is 15.7. The summed E-state index contributed by atoms with van der Waals surface area (Å²) in [7, 11) is 1.60. The number of piperidine rings is 1. The van der Waals surface area contributed by atoms with Gasteiger partial charge in [0.1, 0.15) is 23.6 Å². The van der Waals surface area contributed by atoms with E-state index in [1.54, 1.807) is 12.0 Å². The molecule has 10 heteroatoms. The number of ether oxygens (including phenoxy) is 2. The molecule has 2 aromatic carbocycles. The zero-order valence-electron chi connectivity index (χ0n) is 25.8. The molecule has 6 rings (SSSR count). The molecular formula is C35H40N4O6. The van der Waals surface area contributed by atoms with Crippen molar-refractivity contribution >= 4 is 28.7 Å². The molecule has 236 valence electrons. The highest BCUT2D eigenvalue weighted by Gasteiger charge is 2.52. The van der Waals surface area contributed by atoms with Crippen molar-refractivity contribution in [1.82, 2.24) is 20.1 Å². The average Bonchev–Trinajstić information content (AvgIpc) is 3.49. The van der Waals surface area contributed by atoms with Gasteiger partial charge in [-0.1, -0.05) is 43.3 Å². The molecule has 0 spiro atoms. The first-order chi connectivity index (χ1) is 21.7. The van der Waals surface area contributed by atoms with Gasteiger partial charge in [0, 0.05) is 29.5 Å². The van der Waals surface area contributed by atoms with Gasteiger partial charge in [0.2, 0.25) is 11.8 Å². The number of nitrogens with zero attached hydrogens (tertiary/aromatic N) is 3. The Morgan fingerprint density at radius 3 is 2.49 bits per heavy atom. The van der Waals surface area contributed by atoms with E-state index in [0.29, 0.717) is 29.0 Å². The maximum Gasteiger partial charge on any atom is 0.333 e. The van der Waals surface area contributed by atoms with E-state index in [1.165, 1.54) is 0 Å². The van der Waals surface area contributed by atoms with Gasteiger partial charge in [-0.25, -0.2) is 9.78 Å². The van der Waals surface area contributed by atoms with E-state index >= 15 is 0 Å². The summed E-state index contributed by atoms with van der Waals surface area (Å²) >= 11 is 0. The van der Waals surface area contributed by atoms with E-state index in [1.807, 2.05) is 61.5 Å². The number of hydrogen-bond acceptors (Lipinski definition) is 7. The molecule has 1 aliphatic carbocycles. The van der Waals surface area contributed by atoms with Crippen LogP contribution in [-0.2, 0) is 14.4 Å². The zero-order valence-corrected chi connectivity index (χ0v) is 25.8. The third kappa shape index (κ3) is 5.86. The Labute approximate surface area is 263 Å². The molecule has 2 amide bonds. The van der Waals surface area contributed by atoms with Gasteiger partial charge in [-0.3, -0.25) is 14.5 Å². The van der Waals surface area contributed by atoms with Gasteiger partial charge in [0.05, 0.1) is 30.9 Å². The second kappa shape index (κ2) is 12.5. The summed E-state index contributed by atoms with van der Waals surface area (Å²) in [4.78, 5) is 48.7. The number of likely N-dealkylation sites (tertiary alicyclic amines) is 2. The van der Waals surface area contributed by atoms with Gasteiger partial charge in [-0.15, -0.1) is 0 Å². The Morgan fingerprint density at radius 1 is 1.09 bits per heavy atom. The number of pyridine rings is 1. The minimum atomic E-state index is -1.51. The number of methoxy groups -OCH3 is 1. The molecular weight excluding hydrogens is 572 g/mol. The summed E-state index contributed by atoms with van der Waals surface area (Å²) in [5, 5.41) is 13.5. The normalized spacial score (nSPS) is 24.1.